The number of nitrogens with zero attached hydrogens (tertiary/aromatic N) is 4. The fourth-order valence-corrected chi connectivity index (χ4v) is 3.78. The first-order chi connectivity index (χ1) is 13.1. The zero-order valence-corrected chi connectivity index (χ0v) is 15.0. The zero-order valence-electron chi connectivity index (χ0n) is 14.2. The summed E-state index contributed by atoms with van der Waals surface area (Å²) in [6.07, 6.45) is 8.41. The van der Waals surface area contributed by atoms with Gasteiger partial charge in [0.2, 0.25) is 10.0 Å². The minimum Gasteiger partial charge on any atom is -0.467 e. The highest BCUT2D eigenvalue weighted by Crippen LogP contribution is 2.19. The van der Waals surface area contributed by atoms with Crippen molar-refractivity contribution in [2.45, 2.75) is 10.9 Å². The van der Waals surface area contributed by atoms with Gasteiger partial charge >= 0.3 is 0 Å². The number of furan rings is 1. The van der Waals surface area contributed by atoms with Crippen LogP contribution in [0.4, 0.5) is 0 Å². The SMILES string of the molecule is O=S(=O)(NCC(c1ccco1)n1cccn1)c1ccc(-n2cccn2)cc1. The third-order valence-corrected chi connectivity index (χ3v) is 5.54. The summed E-state index contributed by atoms with van der Waals surface area (Å²) in [6, 6.07) is 13.3. The fourth-order valence-electron chi connectivity index (χ4n) is 2.74. The van der Waals surface area contributed by atoms with Crippen LogP contribution in [0.3, 0.4) is 0 Å². The fraction of sp³-hybridized carbons (Fsp3) is 0.111. The molecule has 0 saturated carbocycles. The van der Waals surface area contributed by atoms with Crippen LogP contribution in [0.5, 0.6) is 0 Å². The Balaban J connectivity index is 1.52. The minimum atomic E-state index is -3.69. The molecule has 9 heteroatoms. The molecule has 4 aromatic rings. The van der Waals surface area contributed by atoms with Crippen molar-refractivity contribution < 1.29 is 12.8 Å². The quantitative estimate of drug-likeness (QED) is 0.528. The Labute approximate surface area is 156 Å². The predicted molar refractivity (Wildman–Crippen MR) is 97.8 cm³/mol. The summed E-state index contributed by atoms with van der Waals surface area (Å²) < 4.78 is 36.8. The molecular formula is C18H17N5O3S. The summed E-state index contributed by atoms with van der Waals surface area (Å²) in [4.78, 5) is 0.178. The molecule has 1 unspecified atom stereocenters. The lowest BCUT2D eigenvalue weighted by atomic mass is 10.2. The summed E-state index contributed by atoms with van der Waals surface area (Å²) in [6.45, 7) is 0.110. The molecule has 0 bridgehead atoms. The lowest BCUT2D eigenvalue weighted by molar-refractivity contribution is 0.402. The van der Waals surface area contributed by atoms with Gasteiger partial charge in [0, 0.05) is 31.3 Å². The Bertz CT molecular complexity index is 1040. The van der Waals surface area contributed by atoms with Gasteiger partial charge in [-0.05, 0) is 48.5 Å². The van der Waals surface area contributed by atoms with Crippen LogP contribution >= 0.6 is 0 Å². The molecule has 8 nitrogen and oxygen atoms in total. The van der Waals surface area contributed by atoms with E-state index in [0.29, 0.717) is 5.76 Å². The van der Waals surface area contributed by atoms with Gasteiger partial charge in [-0.2, -0.15) is 10.2 Å². The van der Waals surface area contributed by atoms with E-state index in [2.05, 4.69) is 14.9 Å². The summed E-state index contributed by atoms with van der Waals surface area (Å²) in [5.41, 5.74) is 0.781. The Morgan fingerprint density at radius 1 is 1.00 bits per heavy atom. The first-order valence-electron chi connectivity index (χ1n) is 8.26. The molecule has 138 valence electrons. The van der Waals surface area contributed by atoms with E-state index < -0.39 is 10.0 Å². The molecule has 0 aliphatic carbocycles. The van der Waals surface area contributed by atoms with Crippen LogP contribution in [-0.4, -0.2) is 34.5 Å². The molecule has 0 aliphatic rings. The molecule has 0 spiro atoms. The van der Waals surface area contributed by atoms with E-state index in [0.717, 1.165) is 5.69 Å². The normalized spacial score (nSPS) is 12.9. The van der Waals surface area contributed by atoms with Gasteiger partial charge in [-0.25, -0.2) is 17.8 Å². The third kappa shape index (κ3) is 3.69. The summed E-state index contributed by atoms with van der Waals surface area (Å²) in [5.74, 6) is 0.621. The molecule has 0 amide bonds. The molecule has 1 atom stereocenters. The average Bonchev–Trinajstić information content (AvgIpc) is 3.44. The van der Waals surface area contributed by atoms with E-state index in [1.165, 1.54) is 0 Å². The highest BCUT2D eigenvalue weighted by Gasteiger charge is 2.21. The second kappa shape index (κ2) is 7.22. The molecule has 1 aromatic carbocycles. The van der Waals surface area contributed by atoms with Gasteiger partial charge in [-0.15, -0.1) is 0 Å². The van der Waals surface area contributed by atoms with E-state index in [1.54, 1.807) is 88.9 Å². The smallest absolute Gasteiger partial charge is 0.240 e. The number of rotatable bonds is 7. The number of benzene rings is 1. The van der Waals surface area contributed by atoms with E-state index in [1.807, 2.05) is 0 Å². The molecule has 0 saturated heterocycles. The average molecular weight is 383 g/mol. The Morgan fingerprint density at radius 2 is 1.78 bits per heavy atom. The van der Waals surface area contributed by atoms with Gasteiger partial charge in [-0.3, -0.25) is 4.68 Å². The molecule has 3 heterocycles. The number of nitrogens with one attached hydrogen (secondary N) is 1. The highest BCUT2D eigenvalue weighted by atomic mass is 32.2. The molecule has 0 radical (unpaired) electrons. The number of aromatic nitrogens is 4. The monoisotopic (exact) mass is 383 g/mol. The maximum absolute atomic E-state index is 12.7. The molecule has 0 fully saturated rings. The standard InChI is InChI=1S/C18H17N5O3S/c24-27(25,16-7-5-15(6-8-16)22-11-2-9-19-22)21-14-17(18-4-1-13-26-18)23-12-3-10-20-23/h1-13,17,21H,14H2. The van der Waals surface area contributed by atoms with Gasteiger partial charge in [0.1, 0.15) is 11.8 Å². The molecule has 4 rings (SSSR count). The molecule has 3 aromatic heterocycles. The van der Waals surface area contributed by atoms with E-state index >= 15 is 0 Å². The Morgan fingerprint density at radius 3 is 2.41 bits per heavy atom. The first-order valence-corrected chi connectivity index (χ1v) is 9.74. The largest absolute Gasteiger partial charge is 0.467 e. The number of sulfonamides is 1. The van der Waals surface area contributed by atoms with Crippen molar-refractivity contribution in [3.05, 3.63) is 85.3 Å². The predicted octanol–water partition coefficient (Wildman–Crippen LogP) is 2.23. The van der Waals surface area contributed by atoms with Crippen molar-refractivity contribution in [3.8, 4) is 5.69 Å². The van der Waals surface area contributed by atoms with Crippen molar-refractivity contribution in [1.29, 1.82) is 0 Å². The van der Waals surface area contributed by atoms with Crippen molar-refractivity contribution in [3.63, 3.8) is 0 Å². The number of hydrogen-bond acceptors (Lipinski definition) is 5. The van der Waals surface area contributed by atoms with Crippen LogP contribution in [-0.2, 0) is 10.0 Å². The van der Waals surface area contributed by atoms with Crippen LogP contribution in [0.25, 0.3) is 5.69 Å². The number of hydrogen-bond donors (Lipinski definition) is 1. The van der Waals surface area contributed by atoms with Crippen LogP contribution in [0.2, 0.25) is 0 Å². The second-order valence-corrected chi connectivity index (χ2v) is 7.58. The Kier molecular flexibility index (Phi) is 4.61. The van der Waals surface area contributed by atoms with E-state index in [-0.39, 0.29) is 17.5 Å². The van der Waals surface area contributed by atoms with Gasteiger partial charge < -0.3 is 4.42 Å². The van der Waals surface area contributed by atoms with Crippen LogP contribution in [0, 0.1) is 0 Å². The summed E-state index contributed by atoms with van der Waals surface area (Å²) >= 11 is 0. The first kappa shape index (κ1) is 17.3. The molecular weight excluding hydrogens is 366 g/mol. The van der Waals surface area contributed by atoms with E-state index in [4.69, 9.17) is 4.42 Å². The van der Waals surface area contributed by atoms with Gasteiger partial charge in [0.05, 0.1) is 16.8 Å². The molecule has 27 heavy (non-hydrogen) atoms. The topological polar surface area (TPSA) is 95.0 Å². The maximum atomic E-state index is 12.7. The van der Waals surface area contributed by atoms with Crippen molar-refractivity contribution in [2.75, 3.05) is 6.54 Å². The van der Waals surface area contributed by atoms with Crippen LogP contribution in [0.15, 0.2) is 88.9 Å². The molecule has 0 aliphatic heterocycles. The van der Waals surface area contributed by atoms with Crippen molar-refractivity contribution >= 4 is 10.0 Å². The highest BCUT2D eigenvalue weighted by molar-refractivity contribution is 7.89. The van der Waals surface area contributed by atoms with Crippen molar-refractivity contribution in [1.82, 2.24) is 24.3 Å². The van der Waals surface area contributed by atoms with Gasteiger partial charge in [0.25, 0.3) is 0 Å². The third-order valence-electron chi connectivity index (χ3n) is 4.10. The minimum absolute atomic E-state index is 0.110. The lowest BCUT2D eigenvalue weighted by Gasteiger charge is -2.16. The van der Waals surface area contributed by atoms with Crippen LogP contribution in [0.1, 0.15) is 11.8 Å². The van der Waals surface area contributed by atoms with Gasteiger partial charge in [0.15, 0.2) is 0 Å². The zero-order chi connectivity index (χ0) is 18.7. The summed E-state index contributed by atoms with van der Waals surface area (Å²) in [5, 5.41) is 8.32. The molecule has 1 N–H and O–H groups in total. The maximum Gasteiger partial charge on any atom is 0.240 e. The van der Waals surface area contributed by atoms with Crippen LogP contribution < -0.4 is 4.72 Å². The van der Waals surface area contributed by atoms with Crippen molar-refractivity contribution in [2.24, 2.45) is 0 Å². The second-order valence-electron chi connectivity index (χ2n) is 5.81. The van der Waals surface area contributed by atoms with E-state index in [9.17, 15) is 8.42 Å². The lowest BCUT2D eigenvalue weighted by Crippen LogP contribution is -2.31. The Hall–Kier alpha value is -3.17. The summed E-state index contributed by atoms with van der Waals surface area (Å²) in [7, 11) is -3.69. The van der Waals surface area contributed by atoms with Gasteiger partial charge in [-0.1, -0.05) is 0 Å².